The minimum Gasteiger partial charge on any atom is -0.477 e. The van der Waals surface area contributed by atoms with Gasteiger partial charge in [0.15, 0.2) is 0 Å². The molecule has 166 valence electrons. The quantitative estimate of drug-likeness (QED) is 0.449. The van der Waals surface area contributed by atoms with Crippen LogP contribution in [0.1, 0.15) is 25.7 Å². The first-order valence-corrected chi connectivity index (χ1v) is 7.55. The van der Waals surface area contributed by atoms with Crippen molar-refractivity contribution in [2.45, 2.75) is 61.6 Å². The Kier molecular flexibility index (Phi) is 6.32. The van der Waals surface area contributed by atoms with Crippen molar-refractivity contribution in [1.29, 1.82) is 0 Å². The summed E-state index contributed by atoms with van der Waals surface area (Å²) in [7, 11) is 0. The molecular weight excluding hydrogens is 428 g/mol. The molecule has 0 atom stereocenters. The van der Waals surface area contributed by atoms with Crippen LogP contribution < -0.4 is 0 Å². The van der Waals surface area contributed by atoms with Crippen LogP contribution >= 0.6 is 0 Å². The lowest BCUT2D eigenvalue weighted by molar-refractivity contribution is -0.399. The van der Waals surface area contributed by atoms with Crippen molar-refractivity contribution in [3.05, 3.63) is 12.8 Å². The Labute approximate surface area is 150 Å². The van der Waals surface area contributed by atoms with Gasteiger partial charge in [0.2, 0.25) is 0 Å². The molecule has 0 aromatic rings. The number of hydrogen-bond donors (Lipinski definition) is 1. The zero-order chi connectivity index (χ0) is 22.4. The number of aliphatic hydroxyl groups is 1. The van der Waals surface area contributed by atoms with Crippen molar-refractivity contribution in [3.8, 4) is 0 Å². The maximum atomic E-state index is 13.3. The highest BCUT2D eigenvalue weighted by molar-refractivity contribution is 5.07. The Morgan fingerprint density at radius 3 is 1.21 bits per heavy atom. The molecule has 1 saturated carbocycles. The van der Waals surface area contributed by atoms with E-state index >= 15 is 0 Å². The Bertz CT molecular complexity index is 521. The second-order valence-electron chi connectivity index (χ2n) is 6.33. The number of rotatable bonds is 4. The lowest BCUT2D eigenvalue weighted by atomic mass is 9.67. The van der Waals surface area contributed by atoms with Gasteiger partial charge in [-0.15, -0.1) is 0 Å². The summed E-state index contributed by atoms with van der Waals surface area (Å²) >= 11 is 0. The van der Waals surface area contributed by atoms with E-state index in [9.17, 15) is 57.8 Å². The first-order valence-electron chi connectivity index (χ1n) is 7.55. The fourth-order valence-corrected chi connectivity index (χ4v) is 3.53. The van der Waals surface area contributed by atoms with E-state index in [4.69, 9.17) is 0 Å². The maximum Gasteiger partial charge on any atom is 0.437 e. The van der Waals surface area contributed by atoms with Crippen molar-refractivity contribution < 1.29 is 62.5 Å². The van der Waals surface area contributed by atoms with Crippen LogP contribution in [0.15, 0.2) is 12.8 Å². The van der Waals surface area contributed by atoms with E-state index < -0.39 is 73.4 Å². The van der Waals surface area contributed by atoms with Crippen molar-refractivity contribution in [2.24, 2.45) is 11.8 Å². The first kappa shape index (κ1) is 24.7. The molecule has 0 heterocycles. The van der Waals surface area contributed by atoms with Crippen molar-refractivity contribution in [2.75, 3.05) is 0 Å². The van der Waals surface area contributed by atoms with Crippen molar-refractivity contribution in [3.63, 3.8) is 0 Å². The van der Waals surface area contributed by atoms with Gasteiger partial charge in [-0.2, -0.15) is 52.7 Å². The molecule has 0 aliphatic heterocycles. The summed E-state index contributed by atoms with van der Waals surface area (Å²) in [4.78, 5) is 0. The predicted octanol–water partition coefficient (Wildman–Crippen LogP) is 5.67. The second-order valence-corrected chi connectivity index (χ2v) is 6.33. The zero-order valence-corrected chi connectivity index (χ0v) is 13.7. The third-order valence-corrected chi connectivity index (χ3v) is 4.87. The molecule has 0 radical (unpaired) electrons. The third-order valence-electron chi connectivity index (χ3n) is 4.87. The van der Waals surface area contributed by atoms with Gasteiger partial charge in [-0.3, -0.25) is 0 Å². The van der Waals surface area contributed by atoms with Gasteiger partial charge < -0.3 is 9.84 Å². The van der Waals surface area contributed by atoms with E-state index in [1.165, 1.54) is 0 Å². The Morgan fingerprint density at radius 2 is 0.964 bits per heavy atom. The molecule has 28 heavy (non-hydrogen) atoms. The molecule has 2 nitrogen and oxygen atoms in total. The molecule has 1 fully saturated rings. The standard InChI is InChI=1S/C14H14F12O2/c1-2-28-10(13(21,22)23,14(24,25)26)8-5-3-7(4-6-8)9(27,11(15,16)17)12(18,19)20/h2,7-8,27H,1,3-6H2. The smallest absolute Gasteiger partial charge is 0.437 e. The largest absolute Gasteiger partial charge is 0.477 e. The average Bonchev–Trinajstić information content (AvgIpc) is 2.47. The second kappa shape index (κ2) is 7.17. The van der Waals surface area contributed by atoms with Gasteiger partial charge in [-0.05, 0) is 25.7 Å². The van der Waals surface area contributed by atoms with Crippen LogP contribution in [-0.4, -0.2) is 41.0 Å². The van der Waals surface area contributed by atoms with Crippen LogP contribution in [0.3, 0.4) is 0 Å². The molecule has 1 rings (SSSR count). The molecule has 0 amide bonds. The molecule has 0 bridgehead atoms. The average molecular weight is 442 g/mol. The van der Waals surface area contributed by atoms with Gasteiger partial charge in [-0.25, -0.2) is 0 Å². The van der Waals surface area contributed by atoms with Gasteiger partial charge in [0.25, 0.3) is 11.2 Å². The van der Waals surface area contributed by atoms with Crippen LogP contribution in [0, 0.1) is 11.8 Å². The SMILES string of the molecule is C=COC(C1CCC(C(O)(C(F)(F)F)C(F)(F)F)CC1)(C(F)(F)F)C(F)(F)F. The molecule has 0 saturated heterocycles. The number of halogens is 12. The van der Waals surface area contributed by atoms with E-state index in [1.807, 2.05) is 0 Å². The molecule has 1 N–H and O–H groups in total. The Balaban J connectivity index is 3.29. The molecular formula is C14H14F12O2. The van der Waals surface area contributed by atoms with Crippen molar-refractivity contribution in [1.82, 2.24) is 0 Å². The molecule has 0 unspecified atom stereocenters. The molecule has 1 aliphatic carbocycles. The summed E-state index contributed by atoms with van der Waals surface area (Å²) in [6.45, 7) is 2.63. The summed E-state index contributed by atoms with van der Waals surface area (Å²) in [5.41, 5.74) is -10.1. The Hall–Kier alpha value is -1.34. The van der Waals surface area contributed by atoms with Crippen LogP contribution in [0.2, 0.25) is 0 Å². The molecule has 0 aromatic heterocycles. The van der Waals surface area contributed by atoms with Crippen LogP contribution in [0.25, 0.3) is 0 Å². The fraction of sp³-hybridized carbons (Fsp3) is 0.857. The van der Waals surface area contributed by atoms with Gasteiger partial charge >= 0.3 is 24.7 Å². The predicted molar refractivity (Wildman–Crippen MR) is 68.6 cm³/mol. The lowest BCUT2D eigenvalue weighted by Gasteiger charge is -2.47. The van der Waals surface area contributed by atoms with E-state index in [1.54, 1.807) is 0 Å². The van der Waals surface area contributed by atoms with E-state index in [2.05, 4.69) is 11.3 Å². The summed E-state index contributed by atoms with van der Waals surface area (Å²) in [5, 5.41) is 9.28. The van der Waals surface area contributed by atoms with Crippen LogP contribution in [-0.2, 0) is 4.74 Å². The highest BCUT2D eigenvalue weighted by atomic mass is 19.4. The first-order chi connectivity index (χ1) is 12.3. The van der Waals surface area contributed by atoms with E-state index in [0.717, 1.165) is 0 Å². The summed E-state index contributed by atoms with van der Waals surface area (Å²) < 4.78 is 160. The normalized spacial score (nSPS) is 23.5. The molecule has 14 heteroatoms. The molecule has 0 spiro atoms. The maximum absolute atomic E-state index is 13.3. The number of ether oxygens (including phenoxy) is 1. The number of hydrogen-bond acceptors (Lipinski definition) is 2. The lowest BCUT2D eigenvalue weighted by Crippen LogP contribution is -2.65. The van der Waals surface area contributed by atoms with Gasteiger partial charge in [-0.1, -0.05) is 6.58 Å². The summed E-state index contributed by atoms with van der Waals surface area (Å²) in [5.74, 6) is -5.21. The summed E-state index contributed by atoms with van der Waals surface area (Å²) in [6, 6.07) is 0. The topological polar surface area (TPSA) is 29.5 Å². The van der Waals surface area contributed by atoms with Crippen molar-refractivity contribution >= 4 is 0 Å². The zero-order valence-electron chi connectivity index (χ0n) is 13.7. The molecule has 1 aliphatic rings. The minimum atomic E-state index is -6.23. The van der Waals surface area contributed by atoms with Crippen LogP contribution in [0.5, 0.6) is 0 Å². The van der Waals surface area contributed by atoms with Gasteiger partial charge in [0.1, 0.15) is 0 Å². The summed E-state index contributed by atoms with van der Waals surface area (Å²) in [6.07, 6.45) is -30.3. The monoisotopic (exact) mass is 442 g/mol. The Morgan fingerprint density at radius 1 is 0.643 bits per heavy atom. The minimum absolute atomic E-state index is 0.144. The fourth-order valence-electron chi connectivity index (χ4n) is 3.53. The van der Waals surface area contributed by atoms with Crippen LogP contribution in [0.4, 0.5) is 52.7 Å². The van der Waals surface area contributed by atoms with E-state index in [0.29, 0.717) is 0 Å². The molecule has 0 aromatic carbocycles. The highest BCUT2D eigenvalue weighted by Crippen LogP contribution is 2.58. The number of alkyl halides is 12. The van der Waals surface area contributed by atoms with Gasteiger partial charge in [0.05, 0.1) is 6.26 Å². The highest BCUT2D eigenvalue weighted by Gasteiger charge is 2.78. The van der Waals surface area contributed by atoms with E-state index in [-0.39, 0.29) is 6.26 Å². The van der Waals surface area contributed by atoms with Gasteiger partial charge in [0, 0.05) is 11.8 Å². The third kappa shape index (κ3) is 3.75.